The molecule has 2 aromatic carbocycles. The minimum Gasteiger partial charge on any atom is -0.438 e. The van der Waals surface area contributed by atoms with E-state index in [2.05, 4.69) is 30.6 Å². The number of aromatic nitrogens is 4. The summed E-state index contributed by atoms with van der Waals surface area (Å²) in [6.45, 7) is 1.14. The summed E-state index contributed by atoms with van der Waals surface area (Å²) in [5, 5.41) is 5.32. The molecule has 5 rings (SSSR count). The first kappa shape index (κ1) is 29.6. The summed E-state index contributed by atoms with van der Waals surface area (Å²) in [5.74, 6) is -1.10. The molecule has 1 fully saturated rings. The molecule has 0 spiro atoms. The van der Waals surface area contributed by atoms with E-state index in [-0.39, 0.29) is 29.2 Å². The van der Waals surface area contributed by atoms with Gasteiger partial charge >= 0.3 is 6.18 Å². The summed E-state index contributed by atoms with van der Waals surface area (Å²) in [5.41, 5.74) is -0.618. The zero-order valence-electron chi connectivity index (χ0n) is 23.5. The minimum atomic E-state index is -4.64. The number of nitrogens with zero attached hydrogens (tertiary/aromatic N) is 6. The third-order valence-electron chi connectivity index (χ3n) is 7.01. The van der Waals surface area contributed by atoms with Crippen molar-refractivity contribution >= 4 is 23.2 Å². The van der Waals surface area contributed by atoms with E-state index in [9.17, 15) is 22.4 Å². The van der Waals surface area contributed by atoms with Crippen LogP contribution in [0.15, 0.2) is 61.1 Å². The first-order chi connectivity index (χ1) is 20.5. The van der Waals surface area contributed by atoms with Crippen LogP contribution in [0.3, 0.4) is 0 Å². The van der Waals surface area contributed by atoms with Crippen LogP contribution in [0.2, 0.25) is 0 Å². The van der Waals surface area contributed by atoms with Gasteiger partial charge in [-0.1, -0.05) is 0 Å². The van der Waals surface area contributed by atoms with E-state index >= 15 is 0 Å². The highest BCUT2D eigenvalue weighted by atomic mass is 19.4. The molecule has 14 heteroatoms. The maximum Gasteiger partial charge on any atom is 0.416 e. The Morgan fingerprint density at radius 3 is 2.63 bits per heavy atom. The summed E-state index contributed by atoms with van der Waals surface area (Å²) in [7, 11) is 5.51. The standard InChI is InChI=1S/C29H28F4N8O2/c1-34-28-37-16-36-25(39-28)20-5-4-11-35-27(20)43-19-7-8-22(30)21(14-19)26(42)38-23-13-17(29(31,32)33)6-9-24(23)41-12-10-18(15-41)40(2)3/h4-9,11,13-14,16,18H,10,12,15H2,1-3H3,(H,38,42)(H,34,36,37,39). The van der Waals surface area contributed by atoms with Crippen LogP contribution in [-0.2, 0) is 6.18 Å². The van der Waals surface area contributed by atoms with E-state index in [4.69, 9.17) is 4.74 Å². The summed E-state index contributed by atoms with van der Waals surface area (Å²) in [4.78, 5) is 33.9. The molecule has 2 aromatic heterocycles. The first-order valence-electron chi connectivity index (χ1n) is 13.3. The highest BCUT2D eigenvalue weighted by Crippen LogP contribution is 2.37. The van der Waals surface area contributed by atoms with Gasteiger partial charge in [0.05, 0.1) is 28.1 Å². The van der Waals surface area contributed by atoms with Crippen LogP contribution >= 0.6 is 0 Å². The predicted molar refractivity (Wildman–Crippen MR) is 153 cm³/mol. The molecular formula is C29H28F4N8O2. The molecule has 0 radical (unpaired) electrons. The molecule has 1 amide bonds. The largest absolute Gasteiger partial charge is 0.438 e. The second-order valence-corrected chi connectivity index (χ2v) is 10.0. The van der Waals surface area contributed by atoms with Crippen molar-refractivity contribution in [1.29, 1.82) is 0 Å². The second kappa shape index (κ2) is 12.2. The Labute approximate surface area is 244 Å². The van der Waals surface area contributed by atoms with E-state index in [1.165, 1.54) is 24.7 Å². The van der Waals surface area contributed by atoms with Gasteiger partial charge in [0, 0.05) is 32.4 Å². The van der Waals surface area contributed by atoms with Gasteiger partial charge in [-0.2, -0.15) is 18.2 Å². The lowest BCUT2D eigenvalue weighted by atomic mass is 10.1. The van der Waals surface area contributed by atoms with Crippen molar-refractivity contribution in [2.24, 2.45) is 0 Å². The van der Waals surface area contributed by atoms with Gasteiger partial charge in [-0.3, -0.25) is 4.79 Å². The molecule has 0 aliphatic carbocycles. The number of hydrogen-bond donors (Lipinski definition) is 2. The highest BCUT2D eigenvalue weighted by molar-refractivity contribution is 6.06. The lowest BCUT2D eigenvalue weighted by Gasteiger charge is -2.25. The molecule has 1 atom stereocenters. The Morgan fingerprint density at radius 2 is 1.91 bits per heavy atom. The fraction of sp³-hybridized carbons (Fsp3) is 0.276. The van der Waals surface area contributed by atoms with Crippen molar-refractivity contribution in [2.75, 3.05) is 49.8 Å². The van der Waals surface area contributed by atoms with Crippen molar-refractivity contribution in [3.05, 3.63) is 78.0 Å². The number of carbonyl (C=O) groups excluding carboxylic acids is 1. The number of likely N-dealkylation sites (N-methyl/N-ethyl adjacent to an activating group) is 1. The Balaban J connectivity index is 1.44. The lowest BCUT2D eigenvalue weighted by molar-refractivity contribution is -0.137. The Bertz CT molecular complexity index is 1630. The molecule has 4 aromatic rings. The fourth-order valence-electron chi connectivity index (χ4n) is 4.70. The molecule has 2 N–H and O–H groups in total. The number of nitrogens with one attached hydrogen (secondary N) is 2. The topological polar surface area (TPSA) is 108 Å². The van der Waals surface area contributed by atoms with Crippen molar-refractivity contribution in [3.8, 4) is 23.0 Å². The van der Waals surface area contributed by atoms with Gasteiger partial charge in [0.15, 0.2) is 5.82 Å². The van der Waals surface area contributed by atoms with Crippen molar-refractivity contribution in [3.63, 3.8) is 0 Å². The number of alkyl halides is 3. The fourth-order valence-corrected chi connectivity index (χ4v) is 4.70. The smallest absolute Gasteiger partial charge is 0.416 e. The molecule has 1 unspecified atom stereocenters. The zero-order valence-corrected chi connectivity index (χ0v) is 23.5. The third-order valence-corrected chi connectivity index (χ3v) is 7.01. The zero-order chi connectivity index (χ0) is 30.7. The molecule has 1 saturated heterocycles. The Kier molecular flexibility index (Phi) is 8.39. The maximum atomic E-state index is 14.9. The summed E-state index contributed by atoms with van der Waals surface area (Å²) >= 11 is 0. The van der Waals surface area contributed by atoms with Gasteiger partial charge in [-0.15, -0.1) is 0 Å². The highest BCUT2D eigenvalue weighted by Gasteiger charge is 2.33. The van der Waals surface area contributed by atoms with Gasteiger partial charge in [0.1, 0.15) is 17.9 Å². The number of rotatable bonds is 8. The third kappa shape index (κ3) is 6.64. The average molecular weight is 597 g/mol. The van der Waals surface area contributed by atoms with Gasteiger partial charge in [-0.05, 0) is 69.0 Å². The first-order valence-corrected chi connectivity index (χ1v) is 13.3. The number of anilines is 3. The summed E-state index contributed by atoms with van der Waals surface area (Å²) in [6, 6.07) is 10.2. The Hall–Kier alpha value is -4.85. The molecule has 1 aliphatic heterocycles. The average Bonchev–Trinajstić information content (AvgIpc) is 3.48. The van der Waals surface area contributed by atoms with E-state index in [0.29, 0.717) is 30.3 Å². The SMILES string of the molecule is CNc1ncnc(-c2cccnc2Oc2ccc(F)c(C(=O)Nc3cc(C(F)(F)F)ccc3N3CCC(N(C)C)C3)c2)n1. The van der Waals surface area contributed by atoms with Crippen LogP contribution in [-0.4, -0.2) is 71.0 Å². The van der Waals surface area contributed by atoms with Crippen LogP contribution < -0.4 is 20.3 Å². The minimum absolute atomic E-state index is 0.0621. The monoisotopic (exact) mass is 596 g/mol. The van der Waals surface area contributed by atoms with E-state index < -0.39 is 29.0 Å². The number of pyridine rings is 1. The van der Waals surface area contributed by atoms with Gasteiger partial charge < -0.3 is 25.2 Å². The quantitative estimate of drug-likeness (QED) is 0.261. The Morgan fingerprint density at radius 1 is 1.09 bits per heavy atom. The number of ether oxygens (including phenoxy) is 1. The van der Waals surface area contributed by atoms with E-state index in [0.717, 1.165) is 30.7 Å². The number of carbonyl (C=O) groups is 1. The number of hydrogen-bond acceptors (Lipinski definition) is 9. The van der Waals surface area contributed by atoms with E-state index in [1.54, 1.807) is 19.2 Å². The lowest BCUT2D eigenvalue weighted by Crippen LogP contribution is -2.31. The molecule has 0 bridgehead atoms. The van der Waals surface area contributed by atoms with Gasteiger partial charge in [0.25, 0.3) is 5.91 Å². The van der Waals surface area contributed by atoms with Crippen LogP contribution in [0, 0.1) is 5.82 Å². The molecular weight excluding hydrogens is 568 g/mol. The number of benzene rings is 2. The molecule has 43 heavy (non-hydrogen) atoms. The van der Waals surface area contributed by atoms with Crippen LogP contribution in [0.4, 0.5) is 34.9 Å². The molecule has 224 valence electrons. The van der Waals surface area contributed by atoms with Crippen LogP contribution in [0.5, 0.6) is 11.6 Å². The van der Waals surface area contributed by atoms with Gasteiger partial charge in [-0.25, -0.2) is 19.3 Å². The van der Waals surface area contributed by atoms with Crippen molar-refractivity contribution in [1.82, 2.24) is 24.8 Å². The van der Waals surface area contributed by atoms with Crippen LogP contribution in [0.1, 0.15) is 22.3 Å². The normalized spacial score (nSPS) is 15.1. The second-order valence-electron chi connectivity index (χ2n) is 10.0. The molecule has 0 saturated carbocycles. The molecule has 1 aliphatic rings. The van der Waals surface area contributed by atoms with Crippen molar-refractivity contribution in [2.45, 2.75) is 18.6 Å². The van der Waals surface area contributed by atoms with Crippen LogP contribution in [0.25, 0.3) is 11.4 Å². The molecule has 10 nitrogen and oxygen atoms in total. The number of halogens is 4. The summed E-state index contributed by atoms with van der Waals surface area (Å²) in [6.07, 6.45) is -1.05. The number of amides is 1. The maximum absolute atomic E-state index is 14.9. The molecule has 3 heterocycles. The predicted octanol–water partition coefficient (Wildman–Crippen LogP) is 5.32. The van der Waals surface area contributed by atoms with Gasteiger partial charge in [0.2, 0.25) is 11.8 Å². The van der Waals surface area contributed by atoms with E-state index in [1.807, 2.05) is 23.9 Å². The summed E-state index contributed by atoms with van der Waals surface area (Å²) < 4.78 is 61.6. The van der Waals surface area contributed by atoms with Crippen molar-refractivity contribution < 1.29 is 27.1 Å².